The number of benzene rings is 8. The first-order valence-corrected chi connectivity index (χ1v) is 35.9. The number of hydrazone groups is 2. The van der Waals surface area contributed by atoms with Gasteiger partial charge in [-0.1, -0.05) is 133 Å². The minimum Gasteiger partial charge on any atom is -0.420 e. The predicted molar refractivity (Wildman–Crippen MR) is 346 cm³/mol. The van der Waals surface area contributed by atoms with Gasteiger partial charge in [-0.25, -0.2) is 9.56 Å². The zero-order chi connectivity index (χ0) is 56.8. The van der Waals surface area contributed by atoms with E-state index in [2.05, 4.69) is 29.2 Å². The van der Waals surface area contributed by atoms with Crippen molar-refractivity contribution in [3.63, 3.8) is 0 Å². The van der Waals surface area contributed by atoms with E-state index in [1.807, 2.05) is 206 Å². The molecule has 0 aliphatic carbocycles. The molecular weight excluding hydrogens is 1150 g/mol. The Morgan fingerprint density at radius 2 is 0.691 bits per heavy atom. The van der Waals surface area contributed by atoms with Crippen molar-refractivity contribution in [1.29, 1.82) is 0 Å². The van der Waals surface area contributed by atoms with E-state index >= 15 is 0 Å². The predicted octanol–water partition coefficient (Wildman–Crippen LogP) is 13.5. The minimum atomic E-state index is -3.71. The highest BCUT2D eigenvalue weighted by Gasteiger charge is 2.34. The van der Waals surface area contributed by atoms with Gasteiger partial charge in [0.05, 0.1) is 12.4 Å². The Morgan fingerprint density at radius 3 is 1.00 bits per heavy atom. The fourth-order valence-electron chi connectivity index (χ4n) is 8.05. The molecule has 14 nitrogen and oxygen atoms in total. The zero-order valence-electron chi connectivity index (χ0n) is 45.1. The molecule has 8 aromatic rings. The molecule has 0 amide bonds. The third kappa shape index (κ3) is 17.8. The molecule has 0 fully saturated rings. The van der Waals surface area contributed by atoms with E-state index in [4.69, 9.17) is 88.7 Å². The second kappa shape index (κ2) is 30.0. The summed E-state index contributed by atoms with van der Waals surface area (Å²) in [6.07, 6.45) is 5.73. The van der Waals surface area contributed by atoms with Gasteiger partial charge in [-0.3, -0.25) is 0 Å². The van der Waals surface area contributed by atoms with Crippen molar-refractivity contribution in [2.24, 2.45) is 26.2 Å². The Kier molecular flexibility index (Phi) is 22.5. The Bertz CT molecular complexity index is 3150. The van der Waals surface area contributed by atoms with Crippen molar-refractivity contribution in [1.82, 2.24) is 14.5 Å². The summed E-state index contributed by atoms with van der Waals surface area (Å²) in [7, 11) is 0.680. The Morgan fingerprint density at radius 1 is 0.395 bits per heavy atom. The number of para-hydroxylation sites is 4. The third-order valence-electron chi connectivity index (χ3n) is 12.2. The van der Waals surface area contributed by atoms with E-state index in [1.54, 1.807) is 36.1 Å². The molecule has 0 aromatic heterocycles. The van der Waals surface area contributed by atoms with Crippen molar-refractivity contribution >= 4 is 85.4 Å². The largest absolute Gasteiger partial charge is 0.420 e. The SMILES string of the molecule is CN(/N=C/c1ccc(OP(=S)(N=P(CCN(CCCN)CCCN)(c2ccccc2)c2ccccc2)Oc2ccc(/C=N/N(C)P(=S)(Oc3ccccc3)Oc3ccccc3)cc2)cc1)P(=S)(Oc1ccccc1)Oc1ccccc1. The maximum Gasteiger partial charge on any atom is 0.413 e. The van der Waals surface area contributed by atoms with Crippen LogP contribution in [0.2, 0.25) is 0 Å². The summed E-state index contributed by atoms with van der Waals surface area (Å²) in [5.41, 5.74) is 13.6. The van der Waals surface area contributed by atoms with E-state index in [1.165, 1.54) is 0 Å². The maximum atomic E-state index is 7.00. The molecule has 0 aliphatic heterocycles. The van der Waals surface area contributed by atoms with Crippen LogP contribution in [0.1, 0.15) is 24.0 Å². The standard InChI is InChI=1S/C60H66N8O6P4S3/c1-66(77(80,71-53-23-9-3-10-24-53)72-54-25-11-4-12-26-54)63-49-51-35-39-57(40-36-51)69-76(79,65-75(59-31-17-7-18-32-59,60-33-19-8-20-34-60)48-47-68(45-21-43-61)46-22-44-62)70-58-41-37-52(38-42-58)50-64-67(2)78(81,73-55-27-13-5-14-28-55)74-56-29-15-6-16-30-56/h3-20,23-42,49-50H,21-22,43-48,61-62H2,1-2H3/b63-49+,64-50+. The van der Waals surface area contributed by atoms with Crippen LogP contribution in [0.25, 0.3) is 0 Å². The van der Waals surface area contributed by atoms with E-state index in [9.17, 15) is 0 Å². The molecule has 0 unspecified atom stereocenters. The first-order valence-electron chi connectivity index (χ1n) is 26.2. The zero-order valence-corrected chi connectivity index (χ0v) is 51.1. The topological polar surface area (TPSA) is 154 Å². The molecule has 0 radical (unpaired) electrons. The smallest absolute Gasteiger partial charge is 0.413 e. The summed E-state index contributed by atoms with van der Waals surface area (Å²) in [5, 5.41) is 11.6. The summed E-state index contributed by atoms with van der Waals surface area (Å²) in [4.78, 5) is 2.43. The highest BCUT2D eigenvalue weighted by molar-refractivity contribution is 8.11. The van der Waals surface area contributed by atoms with Crippen molar-refractivity contribution in [2.75, 3.05) is 53.0 Å². The Hall–Kier alpha value is -6.44. The van der Waals surface area contributed by atoms with Gasteiger partial charge >= 0.3 is 19.9 Å². The fraction of sp³-hybridized carbons (Fsp3) is 0.167. The van der Waals surface area contributed by atoms with Crippen molar-refractivity contribution in [3.05, 3.63) is 242 Å². The average molecular weight is 1220 g/mol. The van der Waals surface area contributed by atoms with Crippen LogP contribution < -0.4 is 49.2 Å². The minimum absolute atomic E-state index is 0.460. The number of hydrogen-bond acceptors (Lipinski definition) is 14. The summed E-state index contributed by atoms with van der Waals surface area (Å²) < 4.78 is 48.4. The van der Waals surface area contributed by atoms with Crippen molar-refractivity contribution < 1.29 is 27.1 Å². The van der Waals surface area contributed by atoms with E-state index in [0.717, 1.165) is 47.7 Å². The summed E-state index contributed by atoms with van der Waals surface area (Å²) >= 11 is 18.9. The van der Waals surface area contributed by atoms with Gasteiger partial charge < -0.3 is 43.5 Å². The van der Waals surface area contributed by atoms with Gasteiger partial charge in [0, 0.05) is 69.3 Å². The van der Waals surface area contributed by atoms with E-state index in [-0.39, 0.29) is 0 Å². The molecule has 0 spiro atoms. The van der Waals surface area contributed by atoms with Gasteiger partial charge in [0.15, 0.2) is 0 Å². The first-order chi connectivity index (χ1) is 39.4. The van der Waals surface area contributed by atoms with Gasteiger partial charge in [0.2, 0.25) is 0 Å². The number of nitrogens with zero attached hydrogens (tertiary/aromatic N) is 6. The fourth-order valence-corrected chi connectivity index (χ4v) is 19.9. The molecule has 4 N–H and O–H groups in total. The molecular formula is C60H66N8O6P4S3. The third-order valence-corrected chi connectivity index (χ3v) is 25.2. The summed E-state index contributed by atoms with van der Waals surface area (Å²) in [5.74, 6) is 3.19. The number of hydrogen-bond donors (Lipinski definition) is 2. The molecule has 0 atom stereocenters. The second-order valence-electron chi connectivity index (χ2n) is 18.2. The number of nitrogens with two attached hydrogens (primary N) is 2. The number of rotatable bonds is 30. The lowest BCUT2D eigenvalue weighted by molar-refractivity contribution is 0.286. The molecule has 0 saturated carbocycles. The lowest BCUT2D eigenvalue weighted by atomic mass is 10.2. The highest BCUT2D eigenvalue weighted by atomic mass is 32.5. The van der Waals surface area contributed by atoms with Crippen LogP contribution in [0.15, 0.2) is 245 Å². The van der Waals surface area contributed by atoms with E-state index in [0.29, 0.717) is 60.3 Å². The lowest BCUT2D eigenvalue weighted by Gasteiger charge is -2.32. The van der Waals surface area contributed by atoms with Crippen LogP contribution in [-0.2, 0) is 35.4 Å². The van der Waals surface area contributed by atoms with Gasteiger partial charge in [0.25, 0.3) is 0 Å². The quantitative estimate of drug-likeness (QED) is 0.0249. The molecule has 420 valence electrons. The molecule has 0 bridgehead atoms. The lowest BCUT2D eigenvalue weighted by Crippen LogP contribution is -2.33. The van der Waals surface area contributed by atoms with Gasteiger partial charge in [-0.15, -0.1) is 0 Å². The molecule has 21 heteroatoms. The van der Waals surface area contributed by atoms with Gasteiger partial charge in [-0.05, 0) is 158 Å². The second-order valence-corrected chi connectivity index (χ2v) is 31.1. The van der Waals surface area contributed by atoms with Crippen molar-refractivity contribution in [3.8, 4) is 34.5 Å². The van der Waals surface area contributed by atoms with Crippen LogP contribution in [-0.4, -0.2) is 79.9 Å². The summed E-state index contributed by atoms with van der Waals surface area (Å²) in [6, 6.07) is 73.0. The maximum absolute atomic E-state index is 7.00. The monoisotopic (exact) mass is 1210 g/mol. The van der Waals surface area contributed by atoms with Crippen LogP contribution in [0.5, 0.6) is 34.5 Å². The van der Waals surface area contributed by atoms with Gasteiger partial charge in [-0.2, -0.15) is 14.7 Å². The first kappa shape index (κ1) is 60.7. The van der Waals surface area contributed by atoms with Crippen molar-refractivity contribution in [2.45, 2.75) is 12.8 Å². The highest BCUT2D eigenvalue weighted by Crippen LogP contribution is 2.62. The molecule has 8 aromatic carbocycles. The summed E-state index contributed by atoms with van der Waals surface area (Å²) in [6.45, 7) is -6.65. The normalized spacial score (nSPS) is 12.0. The van der Waals surface area contributed by atoms with Crippen LogP contribution in [0.3, 0.4) is 0 Å². The van der Waals surface area contributed by atoms with Crippen LogP contribution >= 0.6 is 27.0 Å². The molecule has 0 aliphatic rings. The molecule has 81 heavy (non-hydrogen) atoms. The van der Waals surface area contributed by atoms with E-state index < -0.39 is 27.0 Å². The average Bonchev–Trinajstić information content (AvgIpc) is 3.52. The van der Waals surface area contributed by atoms with Gasteiger partial charge in [0.1, 0.15) is 34.5 Å². The molecule has 0 saturated heterocycles. The molecule has 8 rings (SSSR count). The van der Waals surface area contributed by atoms with Crippen LogP contribution in [0.4, 0.5) is 0 Å². The Balaban J connectivity index is 1.14. The Labute approximate surface area is 492 Å². The van der Waals surface area contributed by atoms with Crippen LogP contribution in [0, 0.1) is 0 Å². The molecule has 0 heterocycles.